The molecule has 0 spiro atoms. The molecule has 140 valence electrons. The molecule has 3 aromatic carbocycles. The average Bonchev–Trinajstić information content (AvgIpc) is 3.18. The normalized spacial score (nSPS) is 11.0. The molecule has 0 fully saturated rings. The Hall–Kier alpha value is -4.33. The number of benzene rings is 3. The second-order valence-electron chi connectivity index (χ2n) is 6.42. The molecule has 1 N–H and O–H groups in total. The number of anilines is 2. The van der Waals surface area contributed by atoms with Crippen molar-refractivity contribution in [1.29, 1.82) is 0 Å². The molecule has 0 saturated heterocycles. The molecule has 0 aliphatic carbocycles. The van der Waals surface area contributed by atoms with Gasteiger partial charge >= 0.3 is 0 Å². The highest BCUT2D eigenvalue weighted by atomic mass is 16.6. The Morgan fingerprint density at radius 1 is 0.862 bits per heavy atom. The van der Waals surface area contributed by atoms with Gasteiger partial charge in [0.05, 0.1) is 10.4 Å². The number of hydrogen-bond donors (Lipinski definition) is 1. The summed E-state index contributed by atoms with van der Waals surface area (Å²) in [5, 5.41) is 19.4. The summed E-state index contributed by atoms with van der Waals surface area (Å²) in [4.78, 5) is 19.8. The second-order valence-corrected chi connectivity index (χ2v) is 6.42. The van der Waals surface area contributed by atoms with E-state index in [0.717, 1.165) is 16.5 Å². The Morgan fingerprint density at radius 2 is 1.59 bits per heavy atom. The predicted octanol–water partition coefficient (Wildman–Crippen LogP) is 4.60. The van der Waals surface area contributed by atoms with Crippen molar-refractivity contribution in [3.05, 3.63) is 89.0 Å². The minimum atomic E-state index is -0.434. The predicted molar refractivity (Wildman–Crippen MR) is 110 cm³/mol. The van der Waals surface area contributed by atoms with Gasteiger partial charge in [0.2, 0.25) is 5.95 Å². The molecule has 0 amide bonds. The molecule has 0 atom stereocenters. The molecule has 5 aromatic rings. The lowest BCUT2D eigenvalue weighted by atomic mass is 10.2. The van der Waals surface area contributed by atoms with E-state index in [0.29, 0.717) is 23.1 Å². The van der Waals surface area contributed by atoms with Gasteiger partial charge in [0.25, 0.3) is 5.69 Å². The molecule has 0 aliphatic rings. The summed E-state index contributed by atoms with van der Waals surface area (Å²) in [5.74, 6) is 1.07. The number of nitro benzene ring substituents is 1. The van der Waals surface area contributed by atoms with Crippen LogP contribution in [-0.4, -0.2) is 24.5 Å². The van der Waals surface area contributed by atoms with Crippen LogP contribution in [0.15, 0.2) is 78.9 Å². The summed E-state index contributed by atoms with van der Waals surface area (Å²) in [6.07, 6.45) is 0. The van der Waals surface area contributed by atoms with Crippen LogP contribution in [-0.2, 0) is 0 Å². The lowest BCUT2D eigenvalue weighted by molar-refractivity contribution is -0.384. The molecule has 8 heteroatoms. The molecule has 5 rings (SSSR count). The molecule has 0 unspecified atom stereocenters. The molecule has 29 heavy (non-hydrogen) atoms. The van der Waals surface area contributed by atoms with E-state index < -0.39 is 4.92 Å². The van der Waals surface area contributed by atoms with Crippen molar-refractivity contribution in [1.82, 2.24) is 19.6 Å². The van der Waals surface area contributed by atoms with E-state index in [1.807, 2.05) is 54.6 Å². The quantitative estimate of drug-likeness (QED) is 0.360. The number of nitrogens with one attached hydrogen (secondary N) is 1. The number of nitrogens with zero attached hydrogens (tertiary/aromatic N) is 5. The summed E-state index contributed by atoms with van der Waals surface area (Å²) in [6.45, 7) is 0. The van der Waals surface area contributed by atoms with Crippen molar-refractivity contribution < 1.29 is 4.92 Å². The molecule has 0 aliphatic heterocycles. The van der Waals surface area contributed by atoms with Gasteiger partial charge in [0.15, 0.2) is 11.5 Å². The molecular formula is C21H14N6O2. The number of fused-ring (bicyclic) bond motifs is 3. The van der Waals surface area contributed by atoms with Crippen LogP contribution in [0.25, 0.3) is 27.9 Å². The first-order valence-electron chi connectivity index (χ1n) is 8.91. The monoisotopic (exact) mass is 382 g/mol. The van der Waals surface area contributed by atoms with Crippen LogP contribution in [0, 0.1) is 10.1 Å². The van der Waals surface area contributed by atoms with Crippen molar-refractivity contribution in [2.75, 3.05) is 5.32 Å². The fraction of sp³-hybridized carbons (Fsp3) is 0. The van der Waals surface area contributed by atoms with Gasteiger partial charge in [-0.15, -0.1) is 5.10 Å². The van der Waals surface area contributed by atoms with Crippen LogP contribution < -0.4 is 5.32 Å². The van der Waals surface area contributed by atoms with E-state index in [1.54, 1.807) is 16.6 Å². The van der Waals surface area contributed by atoms with Gasteiger partial charge in [-0.3, -0.25) is 10.1 Å². The zero-order valence-corrected chi connectivity index (χ0v) is 15.1. The molecule has 2 heterocycles. The molecule has 2 aromatic heterocycles. The Balaban J connectivity index is 1.65. The first kappa shape index (κ1) is 16.8. The third-order valence-electron chi connectivity index (χ3n) is 4.55. The lowest BCUT2D eigenvalue weighted by Crippen LogP contribution is -1.99. The van der Waals surface area contributed by atoms with Crippen LogP contribution in [0.3, 0.4) is 0 Å². The van der Waals surface area contributed by atoms with Gasteiger partial charge in [-0.05, 0) is 24.3 Å². The van der Waals surface area contributed by atoms with Crippen LogP contribution in [0.1, 0.15) is 0 Å². The highest BCUT2D eigenvalue weighted by Gasteiger charge is 2.15. The van der Waals surface area contributed by atoms with E-state index in [9.17, 15) is 10.1 Å². The van der Waals surface area contributed by atoms with Crippen molar-refractivity contribution >= 4 is 33.9 Å². The first-order valence-corrected chi connectivity index (χ1v) is 8.91. The zero-order chi connectivity index (χ0) is 19.8. The Kier molecular flexibility index (Phi) is 3.87. The van der Waals surface area contributed by atoms with Gasteiger partial charge in [-0.1, -0.05) is 42.5 Å². The Morgan fingerprint density at radius 3 is 2.34 bits per heavy atom. The van der Waals surface area contributed by atoms with Crippen LogP contribution in [0.2, 0.25) is 0 Å². The molecule has 0 saturated carbocycles. The highest BCUT2D eigenvalue weighted by molar-refractivity contribution is 5.93. The Bertz CT molecular complexity index is 1350. The van der Waals surface area contributed by atoms with Crippen molar-refractivity contribution in [2.45, 2.75) is 0 Å². The molecule has 0 radical (unpaired) electrons. The summed E-state index contributed by atoms with van der Waals surface area (Å²) < 4.78 is 1.71. The van der Waals surface area contributed by atoms with Crippen molar-refractivity contribution in [2.24, 2.45) is 0 Å². The summed E-state index contributed by atoms with van der Waals surface area (Å²) in [6, 6.07) is 23.7. The van der Waals surface area contributed by atoms with E-state index in [1.165, 1.54) is 12.1 Å². The first-order chi connectivity index (χ1) is 14.2. The highest BCUT2D eigenvalue weighted by Crippen LogP contribution is 2.26. The number of rotatable bonds is 4. The standard InChI is InChI=1S/C21H14N6O2/c28-27(29)16-12-10-15(11-13-16)22-21-24-20-17-8-4-5-9-18(17)23-19(26(20)25-21)14-6-2-1-3-7-14/h1-13H,(H,22,25). The average molecular weight is 382 g/mol. The molecular weight excluding hydrogens is 368 g/mol. The van der Waals surface area contributed by atoms with Gasteiger partial charge in [0.1, 0.15) is 0 Å². The van der Waals surface area contributed by atoms with Gasteiger partial charge in [0, 0.05) is 28.8 Å². The number of aromatic nitrogens is 4. The fourth-order valence-electron chi connectivity index (χ4n) is 3.18. The maximum atomic E-state index is 10.8. The maximum Gasteiger partial charge on any atom is 0.269 e. The number of non-ortho nitro benzene ring substituents is 1. The minimum Gasteiger partial charge on any atom is -0.323 e. The van der Waals surface area contributed by atoms with E-state index in [-0.39, 0.29) is 5.69 Å². The topological polar surface area (TPSA) is 98.2 Å². The van der Waals surface area contributed by atoms with Gasteiger partial charge in [-0.25, -0.2) is 4.98 Å². The SMILES string of the molecule is O=[N+]([O-])c1ccc(Nc2nc3c4ccccc4nc(-c4ccccc4)n3n2)cc1. The maximum absolute atomic E-state index is 10.8. The van der Waals surface area contributed by atoms with Crippen LogP contribution >= 0.6 is 0 Å². The number of para-hydroxylation sites is 1. The fourth-order valence-corrected chi connectivity index (χ4v) is 3.18. The smallest absolute Gasteiger partial charge is 0.269 e. The molecule has 0 bridgehead atoms. The summed E-state index contributed by atoms with van der Waals surface area (Å²) >= 11 is 0. The van der Waals surface area contributed by atoms with Crippen LogP contribution in [0.5, 0.6) is 0 Å². The second kappa shape index (κ2) is 6.68. The largest absolute Gasteiger partial charge is 0.323 e. The summed E-state index contributed by atoms with van der Waals surface area (Å²) in [7, 11) is 0. The van der Waals surface area contributed by atoms with Gasteiger partial charge in [-0.2, -0.15) is 9.50 Å². The van der Waals surface area contributed by atoms with Gasteiger partial charge < -0.3 is 5.32 Å². The molecule has 8 nitrogen and oxygen atoms in total. The lowest BCUT2D eigenvalue weighted by Gasteiger charge is -2.06. The number of nitro groups is 1. The third-order valence-corrected chi connectivity index (χ3v) is 4.55. The van der Waals surface area contributed by atoms with Crippen molar-refractivity contribution in [3.63, 3.8) is 0 Å². The van der Waals surface area contributed by atoms with Crippen LogP contribution in [0.4, 0.5) is 17.3 Å². The van der Waals surface area contributed by atoms with E-state index in [4.69, 9.17) is 4.98 Å². The Labute approximate surface area is 164 Å². The number of hydrogen-bond acceptors (Lipinski definition) is 6. The minimum absolute atomic E-state index is 0.0278. The van der Waals surface area contributed by atoms with E-state index in [2.05, 4.69) is 15.4 Å². The van der Waals surface area contributed by atoms with Crippen molar-refractivity contribution in [3.8, 4) is 11.4 Å². The summed E-state index contributed by atoms with van der Waals surface area (Å²) in [5.41, 5.74) is 3.12. The third kappa shape index (κ3) is 3.02. The van der Waals surface area contributed by atoms with E-state index >= 15 is 0 Å². The zero-order valence-electron chi connectivity index (χ0n) is 15.1.